The number of rotatable bonds is 2. The fourth-order valence-corrected chi connectivity index (χ4v) is 3.77. The van der Waals surface area contributed by atoms with Gasteiger partial charge in [-0.2, -0.15) is 0 Å². The van der Waals surface area contributed by atoms with Gasteiger partial charge >= 0.3 is 0 Å². The summed E-state index contributed by atoms with van der Waals surface area (Å²) in [4.78, 5) is 12.2. The second-order valence-electron chi connectivity index (χ2n) is 6.24. The van der Waals surface area contributed by atoms with Crippen LogP contribution in [-0.2, 0) is 4.79 Å². The monoisotopic (exact) mass is 258 g/mol. The number of amides is 1. The highest BCUT2D eigenvalue weighted by atomic mass is 35.5. The van der Waals surface area contributed by atoms with Gasteiger partial charge in [-0.1, -0.05) is 6.42 Å². The second-order valence-corrected chi connectivity index (χ2v) is 6.24. The SMILES string of the molecule is CC1(C(=O)NC2CC3CCC2C3)CCNC1.Cl. The van der Waals surface area contributed by atoms with Crippen molar-refractivity contribution in [3.8, 4) is 0 Å². The van der Waals surface area contributed by atoms with E-state index in [1.54, 1.807) is 0 Å². The molecular formula is C13H23ClN2O. The molecular weight excluding hydrogens is 236 g/mol. The van der Waals surface area contributed by atoms with Gasteiger partial charge in [0.05, 0.1) is 5.41 Å². The largest absolute Gasteiger partial charge is 0.353 e. The molecule has 1 amide bonds. The van der Waals surface area contributed by atoms with Gasteiger partial charge in [-0.3, -0.25) is 4.79 Å². The van der Waals surface area contributed by atoms with Crippen molar-refractivity contribution in [2.24, 2.45) is 17.3 Å². The van der Waals surface area contributed by atoms with Gasteiger partial charge in [0, 0.05) is 12.6 Å². The lowest BCUT2D eigenvalue weighted by Gasteiger charge is -2.28. The van der Waals surface area contributed by atoms with Crippen LogP contribution in [0.5, 0.6) is 0 Å². The van der Waals surface area contributed by atoms with Gasteiger partial charge in [0.25, 0.3) is 0 Å². The number of halogens is 1. The number of carbonyl (C=O) groups is 1. The summed E-state index contributed by atoms with van der Waals surface area (Å²) in [6.45, 7) is 3.93. The third-order valence-electron chi connectivity index (χ3n) is 4.97. The van der Waals surface area contributed by atoms with Crippen molar-refractivity contribution in [2.75, 3.05) is 13.1 Å². The first kappa shape index (κ1) is 13.2. The van der Waals surface area contributed by atoms with E-state index >= 15 is 0 Å². The molecule has 0 aromatic rings. The molecule has 4 heteroatoms. The highest BCUT2D eigenvalue weighted by molar-refractivity contribution is 5.85. The predicted molar refractivity (Wildman–Crippen MR) is 70.2 cm³/mol. The Hall–Kier alpha value is -0.280. The van der Waals surface area contributed by atoms with E-state index in [0.29, 0.717) is 6.04 Å². The average Bonchev–Trinajstić information content (AvgIpc) is 2.93. The van der Waals surface area contributed by atoms with E-state index in [-0.39, 0.29) is 23.7 Å². The third-order valence-corrected chi connectivity index (χ3v) is 4.97. The van der Waals surface area contributed by atoms with Crippen molar-refractivity contribution in [1.29, 1.82) is 0 Å². The Labute approximate surface area is 110 Å². The van der Waals surface area contributed by atoms with Crippen LogP contribution in [0, 0.1) is 17.3 Å². The molecule has 0 aromatic carbocycles. The molecule has 1 saturated heterocycles. The number of fused-ring (bicyclic) bond motifs is 2. The van der Waals surface area contributed by atoms with Gasteiger partial charge in [0.1, 0.15) is 0 Å². The van der Waals surface area contributed by atoms with Crippen LogP contribution in [0.2, 0.25) is 0 Å². The number of hydrogen-bond acceptors (Lipinski definition) is 2. The number of hydrogen-bond donors (Lipinski definition) is 2. The van der Waals surface area contributed by atoms with Crippen LogP contribution in [-0.4, -0.2) is 25.0 Å². The Morgan fingerprint density at radius 1 is 1.35 bits per heavy atom. The van der Waals surface area contributed by atoms with Crippen molar-refractivity contribution in [3.05, 3.63) is 0 Å². The van der Waals surface area contributed by atoms with E-state index in [0.717, 1.165) is 31.3 Å². The highest BCUT2D eigenvalue weighted by Gasteiger charge is 2.43. The van der Waals surface area contributed by atoms with E-state index in [1.807, 2.05) is 0 Å². The quantitative estimate of drug-likeness (QED) is 0.792. The van der Waals surface area contributed by atoms with Crippen molar-refractivity contribution in [1.82, 2.24) is 10.6 Å². The molecule has 17 heavy (non-hydrogen) atoms. The molecule has 3 aliphatic rings. The van der Waals surface area contributed by atoms with Crippen LogP contribution in [0.4, 0.5) is 0 Å². The van der Waals surface area contributed by atoms with Crippen LogP contribution >= 0.6 is 12.4 Å². The van der Waals surface area contributed by atoms with Crippen LogP contribution in [0.15, 0.2) is 0 Å². The Balaban J connectivity index is 0.00000108. The van der Waals surface area contributed by atoms with Crippen LogP contribution in [0.25, 0.3) is 0 Å². The van der Waals surface area contributed by atoms with E-state index in [9.17, 15) is 4.79 Å². The molecule has 2 aliphatic carbocycles. The summed E-state index contributed by atoms with van der Waals surface area (Å²) in [6, 6.07) is 0.490. The molecule has 0 spiro atoms. The first-order valence-corrected chi connectivity index (χ1v) is 6.69. The van der Waals surface area contributed by atoms with Crippen molar-refractivity contribution >= 4 is 18.3 Å². The van der Waals surface area contributed by atoms with Gasteiger partial charge in [0.15, 0.2) is 0 Å². The summed E-state index contributed by atoms with van der Waals surface area (Å²) in [5.74, 6) is 1.98. The lowest BCUT2D eigenvalue weighted by molar-refractivity contribution is -0.130. The maximum absolute atomic E-state index is 12.2. The molecule has 2 saturated carbocycles. The Morgan fingerprint density at radius 2 is 2.18 bits per heavy atom. The topological polar surface area (TPSA) is 41.1 Å². The molecule has 3 fully saturated rings. The van der Waals surface area contributed by atoms with Gasteiger partial charge in [-0.15, -0.1) is 12.4 Å². The summed E-state index contributed by atoms with van der Waals surface area (Å²) in [5.41, 5.74) is -0.151. The minimum absolute atomic E-state index is 0. The molecule has 0 aromatic heterocycles. The molecule has 3 rings (SSSR count). The van der Waals surface area contributed by atoms with E-state index < -0.39 is 0 Å². The molecule has 3 nitrogen and oxygen atoms in total. The molecule has 4 unspecified atom stereocenters. The Morgan fingerprint density at radius 3 is 2.71 bits per heavy atom. The van der Waals surface area contributed by atoms with E-state index in [2.05, 4.69) is 17.6 Å². The molecule has 2 bridgehead atoms. The highest BCUT2D eigenvalue weighted by Crippen LogP contribution is 2.44. The van der Waals surface area contributed by atoms with Gasteiger partial charge < -0.3 is 10.6 Å². The minimum atomic E-state index is -0.151. The zero-order valence-electron chi connectivity index (χ0n) is 10.5. The fraction of sp³-hybridized carbons (Fsp3) is 0.923. The fourth-order valence-electron chi connectivity index (χ4n) is 3.77. The van der Waals surface area contributed by atoms with Crippen LogP contribution in [0.1, 0.15) is 39.0 Å². The molecule has 98 valence electrons. The zero-order chi connectivity index (χ0) is 11.2. The van der Waals surface area contributed by atoms with Crippen molar-refractivity contribution in [2.45, 2.75) is 45.1 Å². The first-order chi connectivity index (χ1) is 7.67. The number of nitrogens with one attached hydrogen (secondary N) is 2. The van der Waals surface area contributed by atoms with Gasteiger partial charge in [-0.05, 0) is 51.0 Å². The standard InChI is InChI=1S/C13H22N2O.ClH/c1-13(4-5-14-8-13)12(16)15-11-7-9-2-3-10(11)6-9;/h9-11,14H,2-8H2,1H3,(H,15,16);1H. The molecule has 0 radical (unpaired) electrons. The molecule has 1 aliphatic heterocycles. The first-order valence-electron chi connectivity index (χ1n) is 6.69. The number of carbonyl (C=O) groups excluding carboxylic acids is 1. The lowest BCUT2D eigenvalue weighted by atomic mass is 9.87. The second kappa shape index (κ2) is 4.77. The summed E-state index contributed by atoms with van der Waals surface area (Å²) in [7, 11) is 0. The lowest BCUT2D eigenvalue weighted by Crippen LogP contribution is -2.47. The van der Waals surface area contributed by atoms with Crippen LogP contribution in [0.3, 0.4) is 0 Å². The molecule has 1 heterocycles. The van der Waals surface area contributed by atoms with Crippen LogP contribution < -0.4 is 10.6 Å². The van der Waals surface area contributed by atoms with Gasteiger partial charge in [0.2, 0.25) is 5.91 Å². The van der Waals surface area contributed by atoms with Gasteiger partial charge in [-0.25, -0.2) is 0 Å². The predicted octanol–water partition coefficient (Wildman–Crippen LogP) is 1.71. The summed E-state index contributed by atoms with van der Waals surface area (Å²) in [5, 5.41) is 6.61. The van der Waals surface area contributed by atoms with E-state index in [4.69, 9.17) is 0 Å². The Kier molecular flexibility index (Phi) is 3.69. The maximum atomic E-state index is 12.2. The normalized spacial score (nSPS) is 43.5. The minimum Gasteiger partial charge on any atom is -0.353 e. The molecule has 4 atom stereocenters. The summed E-state index contributed by atoms with van der Waals surface area (Å²) in [6.07, 6.45) is 6.32. The molecule has 2 N–H and O–H groups in total. The average molecular weight is 259 g/mol. The maximum Gasteiger partial charge on any atom is 0.227 e. The van der Waals surface area contributed by atoms with Crippen molar-refractivity contribution in [3.63, 3.8) is 0 Å². The van der Waals surface area contributed by atoms with Crippen molar-refractivity contribution < 1.29 is 4.79 Å². The Bertz CT molecular complexity index is 302. The smallest absolute Gasteiger partial charge is 0.227 e. The third kappa shape index (κ3) is 2.32. The summed E-state index contributed by atoms with van der Waals surface area (Å²) >= 11 is 0. The summed E-state index contributed by atoms with van der Waals surface area (Å²) < 4.78 is 0. The zero-order valence-corrected chi connectivity index (χ0v) is 11.3. The van der Waals surface area contributed by atoms with E-state index in [1.165, 1.54) is 25.7 Å².